The molecule has 0 atom stereocenters. The van der Waals surface area contributed by atoms with Crippen molar-refractivity contribution in [2.75, 3.05) is 0 Å². The number of nitrogens with two attached hydrogens (primary N) is 1. The maximum Gasteiger partial charge on any atom is 0.238 e. The molecule has 0 radical (unpaired) electrons. The van der Waals surface area contributed by atoms with Crippen molar-refractivity contribution in [2.24, 2.45) is 11.1 Å². The van der Waals surface area contributed by atoms with E-state index < -0.39 is 15.8 Å². The second-order valence-electron chi connectivity index (χ2n) is 5.31. The molecule has 112 valence electrons. The summed E-state index contributed by atoms with van der Waals surface area (Å²) in [6, 6.07) is 3.51. The first kappa shape index (κ1) is 15.3. The highest BCUT2D eigenvalue weighted by atomic mass is 32.2. The fourth-order valence-corrected chi connectivity index (χ4v) is 3.12. The average Bonchev–Trinajstić information content (AvgIpc) is 2.41. The Labute approximate surface area is 119 Å². The SMILES string of the molecule is CCC1CCC(Oc2ccc(S(N)(=O)=O)cc2F)CC1. The molecule has 1 aliphatic carbocycles. The molecule has 0 aliphatic heterocycles. The largest absolute Gasteiger partial charge is 0.487 e. The van der Waals surface area contributed by atoms with Crippen LogP contribution in [0.25, 0.3) is 0 Å². The Kier molecular flexibility index (Phi) is 4.65. The van der Waals surface area contributed by atoms with E-state index in [1.54, 1.807) is 0 Å². The highest BCUT2D eigenvalue weighted by molar-refractivity contribution is 7.89. The first-order valence-electron chi connectivity index (χ1n) is 6.89. The standard InChI is InChI=1S/C14H20FNO3S/c1-2-10-3-5-11(6-4-10)19-14-8-7-12(9-13(14)15)20(16,17)18/h7-11H,2-6H2,1H3,(H2,16,17,18). The van der Waals surface area contributed by atoms with Gasteiger partial charge in [-0.1, -0.05) is 13.3 Å². The molecule has 20 heavy (non-hydrogen) atoms. The van der Waals surface area contributed by atoms with Gasteiger partial charge in [-0.05, 0) is 49.8 Å². The van der Waals surface area contributed by atoms with Crippen molar-refractivity contribution in [1.29, 1.82) is 0 Å². The molecule has 0 spiro atoms. The zero-order valence-corrected chi connectivity index (χ0v) is 12.3. The second-order valence-corrected chi connectivity index (χ2v) is 6.87. The summed E-state index contributed by atoms with van der Waals surface area (Å²) in [5.41, 5.74) is 0. The summed E-state index contributed by atoms with van der Waals surface area (Å²) in [5, 5.41) is 4.96. The van der Waals surface area contributed by atoms with E-state index in [9.17, 15) is 12.8 Å². The molecular formula is C14H20FNO3S. The van der Waals surface area contributed by atoms with Crippen LogP contribution in [0.3, 0.4) is 0 Å². The summed E-state index contributed by atoms with van der Waals surface area (Å²) in [6.07, 6.45) is 5.19. The number of sulfonamides is 1. The van der Waals surface area contributed by atoms with Crippen LogP contribution < -0.4 is 9.88 Å². The van der Waals surface area contributed by atoms with Gasteiger partial charge in [-0.15, -0.1) is 0 Å². The smallest absolute Gasteiger partial charge is 0.238 e. The van der Waals surface area contributed by atoms with Crippen molar-refractivity contribution in [1.82, 2.24) is 0 Å². The van der Waals surface area contributed by atoms with Crippen LogP contribution in [0.5, 0.6) is 5.75 Å². The van der Waals surface area contributed by atoms with Gasteiger partial charge in [-0.3, -0.25) is 0 Å². The van der Waals surface area contributed by atoms with Gasteiger partial charge in [0.25, 0.3) is 0 Å². The van der Waals surface area contributed by atoms with Gasteiger partial charge in [0.05, 0.1) is 11.0 Å². The third-order valence-corrected chi connectivity index (χ3v) is 4.81. The minimum Gasteiger partial charge on any atom is -0.487 e. The quantitative estimate of drug-likeness (QED) is 0.929. The molecule has 1 aliphatic rings. The molecule has 4 nitrogen and oxygen atoms in total. The minimum absolute atomic E-state index is 0.00707. The number of primary sulfonamides is 1. The van der Waals surface area contributed by atoms with Crippen molar-refractivity contribution < 1.29 is 17.5 Å². The molecule has 0 unspecified atom stereocenters. The molecule has 0 aromatic heterocycles. The highest BCUT2D eigenvalue weighted by Gasteiger charge is 2.22. The summed E-state index contributed by atoms with van der Waals surface area (Å²) >= 11 is 0. The molecule has 6 heteroatoms. The Hall–Kier alpha value is -1.14. The first-order chi connectivity index (χ1) is 9.40. The second kappa shape index (κ2) is 6.10. The molecule has 1 aromatic carbocycles. The normalized spacial score (nSPS) is 23.6. The van der Waals surface area contributed by atoms with Crippen molar-refractivity contribution in [3.05, 3.63) is 24.0 Å². The number of rotatable bonds is 4. The highest BCUT2D eigenvalue weighted by Crippen LogP contribution is 2.30. The lowest BCUT2D eigenvalue weighted by Crippen LogP contribution is -2.24. The van der Waals surface area contributed by atoms with Crippen LogP contribution in [-0.2, 0) is 10.0 Å². The fourth-order valence-electron chi connectivity index (χ4n) is 2.59. The minimum atomic E-state index is -3.88. The van der Waals surface area contributed by atoms with E-state index in [1.165, 1.54) is 18.6 Å². The Morgan fingerprint density at radius 2 is 1.95 bits per heavy atom. The van der Waals surface area contributed by atoms with Crippen LogP contribution in [0.15, 0.2) is 23.1 Å². The molecule has 0 bridgehead atoms. The van der Waals surface area contributed by atoms with Crippen LogP contribution in [0.4, 0.5) is 4.39 Å². The zero-order chi connectivity index (χ0) is 14.8. The first-order valence-corrected chi connectivity index (χ1v) is 8.43. The van der Waals surface area contributed by atoms with Crippen molar-refractivity contribution in [3.8, 4) is 5.75 Å². The van der Waals surface area contributed by atoms with Crippen LogP contribution in [0, 0.1) is 11.7 Å². The van der Waals surface area contributed by atoms with Crippen LogP contribution in [-0.4, -0.2) is 14.5 Å². The lowest BCUT2D eigenvalue weighted by Gasteiger charge is -2.28. The lowest BCUT2D eigenvalue weighted by atomic mass is 9.86. The van der Waals surface area contributed by atoms with Crippen molar-refractivity contribution >= 4 is 10.0 Å². The van der Waals surface area contributed by atoms with Gasteiger partial charge in [0.1, 0.15) is 0 Å². The summed E-state index contributed by atoms with van der Waals surface area (Å²) in [7, 11) is -3.88. The molecule has 2 N–H and O–H groups in total. The van der Waals surface area contributed by atoms with E-state index in [1.807, 2.05) is 0 Å². The van der Waals surface area contributed by atoms with E-state index >= 15 is 0 Å². The predicted molar refractivity (Wildman–Crippen MR) is 74.4 cm³/mol. The van der Waals surface area contributed by atoms with Gasteiger partial charge in [0.2, 0.25) is 10.0 Å². The predicted octanol–water partition coefficient (Wildman–Crippen LogP) is 2.82. The van der Waals surface area contributed by atoms with Gasteiger partial charge < -0.3 is 4.74 Å². The van der Waals surface area contributed by atoms with Gasteiger partial charge in [0, 0.05) is 0 Å². The topological polar surface area (TPSA) is 69.4 Å². The van der Waals surface area contributed by atoms with Crippen LogP contribution in [0.2, 0.25) is 0 Å². The van der Waals surface area contributed by atoms with E-state index in [4.69, 9.17) is 9.88 Å². The number of hydrogen-bond donors (Lipinski definition) is 1. The Balaban J connectivity index is 2.04. The molecule has 1 aromatic rings. The number of benzene rings is 1. The molecule has 1 fully saturated rings. The van der Waals surface area contributed by atoms with Crippen molar-refractivity contribution in [2.45, 2.75) is 50.0 Å². The van der Waals surface area contributed by atoms with E-state index in [0.29, 0.717) is 0 Å². The van der Waals surface area contributed by atoms with Crippen molar-refractivity contribution in [3.63, 3.8) is 0 Å². The maximum absolute atomic E-state index is 13.8. The number of ether oxygens (including phenoxy) is 1. The van der Waals surface area contributed by atoms with E-state index in [2.05, 4.69) is 6.92 Å². The van der Waals surface area contributed by atoms with Gasteiger partial charge in [0.15, 0.2) is 11.6 Å². The summed E-state index contributed by atoms with van der Waals surface area (Å²) in [4.78, 5) is -0.239. The van der Waals surface area contributed by atoms with Gasteiger partial charge >= 0.3 is 0 Å². The molecular weight excluding hydrogens is 281 g/mol. The van der Waals surface area contributed by atoms with Crippen LogP contribution >= 0.6 is 0 Å². The Bertz CT molecular complexity index is 566. The molecule has 2 rings (SSSR count). The average molecular weight is 301 g/mol. The summed E-state index contributed by atoms with van der Waals surface area (Å²) in [6.45, 7) is 2.18. The maximum atomic E-state index is 13.8. The molecule has 0 saturated heterocycles. The summed E-state index contributed by atoms with van der Waals surface area (Å²) < 4.78 is 41.7. The van der Waals surface area contributed by atoms with E-state index in [0.717, 1.165) is 37.7 Å². The number of hydrogen-bond acceptors (Lipinski definition) is 3. The molecule has 0 amide bonds. The lowest BCUT2D eigenvalue weighted by molar-refractivity contribution is 0.125. The fraction of sp³-hybridized carbons (Fsp3) is 0.571. The third kappa shape index (κ3) is 3.70. The number of halogens is 1. The van der Waals surface area contributed by atoms with Crippen LogP contribution in [0.1, 0.15) is 39.0 Å². The molecule has 0 heterocycles. The molecule has 1 saturated carbocycles. The zero-order valence-electron chi connectivity index (χ0n) is 11.5. The Morgan fingerprint density at radius 3 is 2.45 bits per heavy atom. The summed E-state index contributed by atoms with van der Waals surface area (Å²) in [5.74, 6) is 0.149. The van der Waals surface area contributed by atoms with Gasteiger partial charge in [-0.2, -0.15) is 0 Å². The van der Waals surface area contributed by atoms with Gasteiger partial charge in [-0.25, -0.2) is 17.9 Å². The van der Waals surface area contributed by atoms with E-state index in [-0.39, 0.29) is 16.7 Å². The third-order valence-electron chi connectivity index (χ3n) is 3.90. The monoisotopic (exact) mass is 301 g/mol. The Morgan fingerprint density at radius 1 is 1.30 bits per heavy atom.